The number of carbonyl (C=O) groups excluding carboxylic acids is 1. The zero-order chi connectivity index (χ0) is 13.1. The maximum atomic E-state index is 12.3. The van der Waals surface area contributed by atoms with Crippen molar-refractivity contribution in [3.8, 4) is 0 Å². The normalized spacial score (nSPS) is 17.7. The third-order valence-corrected chi connectivity index (χ3v) is 3.93. The third-order valence-electron chi connectivity index (χ3n) is 3.49. The number of pyridine rings is 1. The van der Waals surface area contributed by atoms with Crippen molar-refractivity contribution in [2.24, 2.45) is 0 Å². The van der Waals surface area contributed by atoms with Gasteiger partial charge in [-0.25, -0.2) is 4.98 Å². The first-order valence-electron chi connectivity index (χ1n) is 6.16. The first-order valence-corrected chi connectivity index (χ1v) is 6.95. The van der Waals surface area contributed by atoms with Crippen LogP contribution in [-0.4, -0.2) is 53.9 Å². The van der Waals surface area contributed by atoms with Gasteiger partial charge in [0.15, 0.2) is 0 Å². The van der Waals surface area contributed by atoms with Gasteiger partial charge in [-0.3, -0.25) is 4.79 Å². The van der Waals surface area contributed by atoms with Gasteiger partial charge in [0.05, 0.1) is 0 Å². The number of likely N-dealkylation sites (tertiary alicyclic amines) is 1. The average Bonchev–Trinajstić information content (AvgIpc) is 2.38. The minimum atomic E-state index is 0.00542. The topological polar surface area (TPSA) is 36.4 Å². The Morgan fingerprint density at radius 2 is 2.11 bits per heavy atom. The summed E-state index contributed by atoms with van der Waals surface area (Å²) >= 11 is 3.29. The first kappa shape index (κ1) is 13.5. The fourth-order valence-corrected chi connectivity index (χ4v) is 2.60. The molecule has 0 aromatic carbocycles. The van der Waals surface area contributed by atoms with Crippen molar-refractivity contribution >= 4 is 21.8 Å². The Balaban J connectivity index is 2.04. The van der Waals surface area contributed by atoms with Gasteiger partial charge in [-0.2, -0.15) is 0 Å². The van der Waals surface area contributed by atoms with Crippen LogP contribution in [0.15, 0.2) is 22.8 Å². The summed E-state index contributed by atoms with van der Waals surface area (Å²) in [4.78, 5) is 20.7. The molecule has 1 saturated heterocycles. The van der Waals surface area contributed by atoms with Crippen LogP contribution in [0, 0.1) is 0 Å². The van der Waals surface area contributed by atoms with Gasteiger partial charge < -0.3 is 9.80 Å². The number of hydrogen-bond acceptors (Lipinski definition) is 3. The summed E-state index contributed by atoms with van der Waals surface area (Å²) in [6.45, 7) is 2.10. The highest BCUT2D eigenvalue weighted by Gasteiger charge is 2.25. The summed E-state index contributed by atoms with van der Waals surface area (Å²) in [7, 11) is 3.99. The predicted molar refractivity (Wildman–Crippen MR) is 74.5 cm³/mol. The lowest BCUT2D eigenvalue weighted by atomic mass is 10.0. The minimum absolute atomic E-state index is 0.00542. The van der Waals surface area contributed by atoms with Crippen molar-refractivity contribution < 1.29 is 4.79 Å². The Morgan fingerprint density at radius 3 is 2.72 bits per heavy atom. The molecule has 1 aromatic rings. The Hall–Kier alpha value is -0.940. The van der Waals surface area contributed by atoms with Crippen LogP contribution in [-0.2, 0) is 0 Å². The molecule has 0 spiro atoms. The van der Waals surface area contributed by atoms with Crippen molar-refractivity contribution in [3.63, 3.8) is 0 Å². The van der Waals surface area contributed by atoms with E-state index in [1.807, 2.05) is 24.1 Å². The molecule has 1 aliphatic heterocycles. The molecule has 98 valence electrons. The second-order valence-electron chi connectivity index (χ2n) is 4.80. The molecule has 0 atom stereocenters. The Kier molecular flexibility index (Phi) is 4.35. The molecule has 2 rings (SSSR count). The van der Waals surface area contributed by atoms with Gasteiger partial charge in [-0.1, -0.05) is 6.07 Å². The molecule has 0 bridgehead atoms. The first-order chi connectivity index (χ1) is 8.58. The lowest BCUT2D eigenvalue weighted by molar-refractivity contribution is 0.0653. The molecule has 4 nitrogen and oxygen atoms in total. The maximum Gasteiger partial charge on any atom is 0.272 e. The van der Waals surface area contributed by atoms with Gasteiger partial charge in [0, 0.05) is 13.1 Å². The zero-order valence-corrected chi connectivity index (χ0v) is 12.4. The van der Waals surface area contributed by atoms with Crippen molar-refractivity contribution in [2.75, 3.05) is 27.2 Å². The largest absolute Gasteiger partial charge is 0.337 e. The van der Waals surface area contributed by atoms with Crippen LogP contribution in [0.3, 0.4) is 0 Å². The predicted octanol–water partition coefficient (Wildman–Crippen LogP) is 2.01. The molecule has 1 fully saturated rings. The fourth-order valence-electron chi connectivity index (χ4n) is 2.26. The standard InChI is InChI=1S/C13H18BrN3O/c1-16-8-6-10(7-9-16)17(2)13(18)11-4-3-5-12(14)15-11/h3-5,10H,6-9H2,1-2H3. The smallest absolute Gasteiger partial charge is 0.272 e. The molecule has 1 aliphatic rings. The van der Waals surface area contributed by atoms with Crippen molar-refractivity contribution in [3.05, 3.63) is 28.5 Å². The van der Waals surface area contributed by atoms with Gasteiger partial charge >= 0.3 is 0 Å². The van der Waals surface area contributed by atoms with E-state index in [2.05, 4.69) is 32.9 Å². The summed E-state index contributed by atoms with van der Waals surface area (Å²) < 4.78 is 0.699. The van der Waals surface area contributed by atoms with Crippen LogP contribution in [0.4, 0.5) is 0 Å². The molecule has 1 aromatic heterocycles. The second kappa shape index (κ2) is 5.80. The summed E-state index contributed by atoms with van der Waals surface area (Å²) in [5.41, 5.74) is 0.505. The van der Waals surface area contributed by atoms with E-state index in [4.69, 9.17) is 0 Å². The van der Waals surface area contributed by atoms with E-state index in [-0.39, 0.29) is 5.91 Å². The Labute approximate surface area is 116 Å². The number of carbonyl (C=O) groups is 1. The van der Waals surface area contributed by atoms with Crippen LogP contribution in [0.5, 0.6) is 0 Å². The molecule has 5 heteroatoms. The van der Waals surface area contributed by atoms with E-state index < -0.39 is 0 Å². The summed E-state index contributed by atoms with van der Waals surface area (Å²) in [6.07, 6.45) is 2.07. The quantitative estimate of drug-likeness (QED) is 0.784. The van der Waals surface area contributed by atoms with Crippen LogP contribution < -0.4 is 0 Å². The monoisotopic (exact) mass is 311 g/mol. The van der Waals surface area contributed by atoms with Gasteiger partial charge in [-0.05, 0) is 61.0 Å². The highest BCUT2D eigenvalue weighted by molar-refractivity contribution is 9.10. The highest BCUT2D eigenvalue weighted by Crippen LogP contribution is 2.16. The fraction of sp³-hybridized carbons (Fsp3) is 0.538. The second-order valence-corrected chi connectivity index (χ2v) is 5.61. The third kappa shape index (κ3) is 3.09. The molecule has 2 heterocycles. The molecule has 18 heavy (non-hydrogen) atoms. The lowest BCUT2D eigenvalue weighted by Crippen LogP contribution is -2.44. The molecule has 0 unspecified atom stereocenters. The van der Waals surface area contributed by atoms with Crippen molar-refractivity contribution in [1.29, 1.82) is 0 Å². The van der Waals surface area contributed by atoms with Gasteiger partial charge in [0.1, 0.15) is 10.3 Å². The van der Waals surface area contributed by atoms with Crippen LogP contribution >= 0.6 is 15.9 Å². The number of hydrogen-bond donors (Lipinski definition) is 0. The van der Waals surface area contributed by atoms with Crippen LogP contribution in [0.1, 0.15) is 23.3 Å². The highest BCUT2D eigenvalue weighted by atomic mass is 79.9. The Morgan fingerprint density at radius 1 is 1.44 bits per heavy atom. The molecule has 1 amide bonds. The van der Waals surface area contributed by atoms with E-state index >= 15 is 0 Å². The number of halogens is 1. The van der Waals surface area contributed by atoms with E-state index in [0.717, 1.165) is 25.9 Å². The zero-order valence-electron chi connectivity index (χ0n) is 10.8. The van der Waals surface area contributed by atoms with E-state index in [0.29, 0.717) is 16.3 Å². The molecule has 0 N–H and O–H groups in total. The molecule has 0 radical (unpaired) electrons. The summed E-state index contributed by atoms with van der Waals surface area (Å²) in [5, 5.41) is 0. The summed E-state index contributed by atoms with van der Waals surface area (Å²) in [5.74, 6) is 0.00542. The molecule has 0 aliphatic carbocycles. The number of piperidine rings is 1. The van der Waals surface area contributed by atoms with Crippen molar-refractivity contribution in [2.45, 2.75) is 18.9 Å². The van der Waals surface area contributed by atoms with E-state index in [1.54, 1.807) is 6.07 Å². The van der Waals surface area contributed by atoms with Crippen molar-refractivity contribution in [1.82, 2.24) is 14.8 Å². The molecular formula is C13H18BrN3O. The number of rotatable bonds is 2. The Bertz CT molecular complexity index is 430. The number of aromatic nitrogens is 1. The van der Waals surface area contributed by atoms with E-state index in [1.165, 1.54) is 0 Å². The molecular weight excluding hydrogens is 294 g/mol. The van der Waals surface area contributed by atoms with Gasteiger partial charge in [-0.15, -0.1) is 0 Å². The SMILES string of the molecule is CN1CCC(N(C)C(=O)c2cccc(Br)n2)CC1. The summed E-state index contributed by atoms with van der Waals surface area (Å²) in [6, 6.07) is 5.76. The lowest BCUT2D eigenvalue weighted by Gasteiger charge is -2.34. The number of amides is 1. The molecule has 0 saturated carbocycles. The van der Waals surface area contributed by atoms with Gasteiger partial charge in [0.25, 0.3) is 5.91 Å². The van der Waals surface area contributed by atoms with Crippen LogP contribution in [0.2, 0.25) is 0 Å². The van der Waals surface area contributed by atoms with E-state index in [9.17, 15) is 4.79 Å². The number of nitrogens with zero attached hydrogens (tertiary/aromatic N) is 3. The average molecular weight is 312 g/mol. The minimum Gasteiger partial charge on any atom is -0.337 e. The maximum absolute atomic E-state index is 12.3. The van der Waals surface area contributed by atoms with Gasteiger partial charge in [0.2, 0.25) is 0 Å². The van der Waals surface area contributed by atoms with Crippen LogP contribution in [0.25, 0.3) is 0 Å².